The number of nitrogens with two attached hydrogens (primary N) is 1. The molecule has 0 atom stereocenters. The number of rotatable bonds is 4. The molecule has 0 fully saturated rings. The fourth-order valence-corrected chi connectivity index (χ4v) is 1.78. The quantitative estimate of drug-likeness (QED) is 0.870. The van der Waals surface area contributed by atoms with Gasteiger partial charge in [0, 0.05) is 5.38 Å². The molecule has 2 aromatic heterocycles. The molecule has 0 aliphatic carbocycles. The Hall–Kier alpha value is -1.34. The number of hydrogen-bond donors (Lipinski definition) is 1. The van der Waals surface area contributed by atoms with Crippen molar-refractivity contribution in [3.8, 4) is 11.6 Å². The molecule has 16 heavy (non-hydrogen) atoms. The van der Waals surface area contributed by atoms with Crippen LogP contribution < -0.4 is 5.73 Å². The summed E-state index contributed by atoms with van der Waals surface area (Å²) in [5.41, 5.74) is 6.24. The van der Waals surface area contributed by atoms with E-state index < -0.39 is 5.54 Å². The molecule has 7 heteroatoms. The van der Waals surface area contributed by atoms with Gasteiger partial charge < -0.3 is 10.3 Å². The van der Waals surface area contributed by atoms with E-state index in [1.165, 1.54) is 11.5 Å². The zero-order valence-corrected chi connectivity index (χ0v) is 9.99. The molecule has 0 amide bonds. The molecule has 0 radical (unpaired) electrons. The van der Waals surface area contributed by atoms with Crippen molar-refractivity contribution in [2.75, 3.05) is 0 Å². The zero-order valence-electron chi connectivity index (χ0n) is 9.17. The Bertz CT molecular complexity index is 448. The first-order valence-corrected chi connectivity index (χ1v) is 5.93. The van der Waals surface area contributed by atoms with Gasteiger partial charge in [0.05, 0.1) is 5.54 Å². The van der Waals surface area contributed by atoms with Gasteiger partial charge in [-0.2, -0.15) is 4.98 Å². The van der Waals surface area contributed by atoms with Crippen molar-refractivity contribution in [3.63, 3.8) is 0 Å². The zero-order chi connectivity index (χ0) is 11.6. The van der Waals surface area contributed by atoms with Crippen LogP contribution in [0.5, 0.6) is 0 Å². The summed E-state index contributed by atoms with van der Waals surface area (Å²) in [4.78, 5) is 4.27. The Morgan fingerprint density at radius 3 is 2.75 bits per heavy atom. The van der Waals surface area contributed by atoms with Crippen LogP contribution >= 0.6 is 11.5 Å². The summed E-state index contributed by atoms with van der Waals surface area (Å²) >= 11 is 1.24. The fourth-order valence-electron chi connectivity index (χ4n) is 1.35. The Kier molecular flexibility index (Phi) is 2.97. The summed E-state index contributed by atoms with van der Waals surface area (Å²) in [6.45, 7) is 4.01. The van der Waals surface area contributed by atoms with Gasteiger partial charge in [-0.1, -0.05) is 23.5 Å². The maximum Gasteiger partial charge on any atom is 0.279 e. The molecule has 0 unspecified atom stereocenters. The van der Waals surface area contributed by atoms with Crippen LogP contribution in [0.4, 0.5) is 0 Å². The lowest BCUT2D eigenvalue weighted by atomic mass is 9.93. The van der Waals surface area contributed by atoms with Crippen molar-refractivity contribution in [1.29, 1.82) is 0 Å². The molecule has 0 saturated carbocycles. The molecule has 2 rings (SSSR count). The van der Waals surface area contributed by atoms with Crippen molar-refractivity contribution in [1.82, 2.24) is 19.7 Å². The van der Waals surface area contributed by atoms with Gasteiger partial charge in [-0.15, -0.1) is 5.10 Å². The standard InChI is InChI=1S/C9H13N5OS/c1-3-9(10,4-2)8-11-7(15-13-8)6-5-16-14-12-6/h5H,3-4,10H2,1-2H3. The fraction of sp³-hybridized carbons (Fsp3) is 0.556. The largest absolute Gasteiger partial charge is 0.332 e. The highest BCUT2D eigenvalue weighted by molar-refractivity contribution is 7.03. The van der Waals surface area contributed by atoms with Gasteiger partial charge in [0.15, 0.2) is 11.5 Å². The Balaban J connectivity index is 2.33. The van der Waals surface area contributed by atoms with Crippen LogP contribution in [0.25, 0.3) is 11.6 Å². The van der Waals surface area contributed by atoms with E-state index in [1.54, 1.807) is 5.38 Å². The van der Waals surface area contributed by atoms with E-state index in [-0.39, 0.29) is 0 Å². The lowest BCUT2D eigenvalue weighted by Crippen LogP contribution is -2.36. The molecular formula is C9H13N5OS. The highest BCUT2D eigenvalue weighted by Gasteiger charge is 2.29. The molecule has 86 valence electrons. The van der Waals surface area contributed by atoms with E-state index in [0.717, 1.165) is 12.8 Å². The monoisotopic (exact) mass is 239 g/mol. The molecule has 2 N–H and O–H groups in total. The highest BCUT2D eigenvalue weighted by Crippen LogP contribution is 2.25. The molecule has 0 aromatic carbocycles. The van der Waals surface area contributed by atoms with Crippen LogP contribution in [0, 0.1) is 0 Å². The first kappa shape index (κ1) is 11.2. The minimum absolute atomic E-state index is 0.375. The minimum Gasteiger partial charge on any atom is -0.332 e. The Morgan fingerprint density at radius 1 is 1.44 bits per heavy atom. The predicted octanol–water partition coefficient (Wildman–Crippen LogP) is 1.56. The summed E-state index contributed by atoms with van der Waals surface area (Å²) in [6.07, 6.45) is 1.52. The van der Waals surface area contributed by atoms with Crippen LogP contribution in [-0.2, 0) is 5.54 Å². The van der Waals surface area contributed by atoms with E-state index >= 15 is 0 Å². The maximum absolute atomic E-state index is 6.17. The lowest BCUT2D eigenvalue weighted by Gasteiger charge is -2.21. The van der Waals surface area contributed by atoms with Gasteiger partial charge in [0.1, 0.15) is 0 Å². The second kappa shape index (κ2) is 4.26. The molecule has 0 aliphatic rings. The summed E-state index contributed by atoms with van der Waals surface area (Å²) in [5.74, 6) is 0.904. The summed E-state index contributed by atoms with van der Waals surface area (Å²) in [6, 6.07) is 0. The highest BCUT2D eigenvalue weighted by atomic mass is 32.1. The average molecular weight is 239 g/mol. The van der Waals surface area contributed by atoms with Gasteiger partial charge in [-0.05, 0) is 24.4 Å². The first-order chi connectivity index (χ1) is 7.69. The van der Waals surface area contributed by atoms with E-state index in [0.29, 0.717) is 17.4 Å². The predicted molar refractivity (Wildman–Crippen MR) is 59.6 cm³/mol. The van der Waals surface area contributed by atoms with Gasteiger partial charge in [-0.25, -0.2) is 0 Å². The van der Waals surface area contributed by atoms with E-state index in [4.69, 9.17) is 10.3 Å². The van der Waals surface area contributed by atoms with E-state index in [2.05, 4.69) is 19.7 Å². The normalized spacial score (nSPS) is 11.9. The number of aromatic nitrogens is 4. The molecule has 0 bridgehead atoms. The number of hydrogen-bond acceptors (Lipinski definition) is 7. The molecule has 0 spiro atoms. The second-order valence-corrected chi connectivity index (χ2v) is 4.19. The number of nitrogens with zero attached hydrogens (tertiary/aromatic N) is 4. The topological polar surface area (TPSA) is 90.7 Å². The van der Waals surface area contributed by atoms with Crippen molar-refractivity contribution in [3.05, 3.63) is 11.2 Å². The lowest BCUT2D eigenvalue weighted by molar-refractivity contribution is 0.350. The van der Waals surface area contributed by atoms with Gasteiger partial charge >= 0.3 is 0 Å². The first-order valence-electron chi connectivity index (χ1n) is 5.10. The summed E-state index contributed by atoms with van der Waals surface area (Å²) < 4.78 is 8.86. The van der Waals surface area contributed by atoms with Gasteiger partial charge in [0.2, 0.25) is 0 Å². The molecule has 6 nitrogen and oxygen atoms in total. The molecule has 2 heterocycles. The van der Waals surface area contributed by atoms with E-state index in [1.807, 2.05) is 13.8 Å². The van der Waals surface area contributed by atoms with Crippen molar-refractivity contribution < 1.29 is 4.52 Å². The van der Waals surface area contributed by atoms with Crippen LogP contribution in [0.2, 0.25) is 0 Å². The van der Waals surface area contributed by atoms with Gasteiger partial charge in [-0.3, -0.25) is 0 Å². The molecule has 2 aromatic rings. The molecular weight excluding hydrogens is 226 g/mol. The van der Waals surface area contributed by atoms with Gasteiger partial charge in [0.25, 0.3) is 5.89 Å². The molecule has 0 aliphatic heterocycles. The summed E-state index contributed by atoms with van der Waals surface area (Å²) in [7, 11) is 0. The van der Waals surface area contributed by atoms with Crippen LogP contribution in [0.1, 0.15) is 32.5 Å². The average Bonchev–Trinajstić information content (AvgIpc) is 2.97. The van der Waals surface area contributed by atoms with E-state index in [9.17, 15) is 0 Å². The second-order valence-electron chi connectivity index (χ2n) is 3.58. The van der Waals surface area contributed by atoms with Crippen molar-refractivity contribution >= 4 is 11.5 Å². The van der Waals surface area contributed by atoms with Crippen molar-refractivity contribution in [2.45, 2.75) is 32.2 Å². The SMILES string of the molecule is CCC(N)(CC)c1noc(-c2csnn2)n1. The third-order valence-electron chi connectivity index (χ3n) is 2.71. The molecule has 0 saturated heterocycles. The van der Waals surface area contributed by atoms with Crippen LogP contribution in [0.3, 0.4) is 0 Å². The maximum atomic E-state index is 6.17. The van der Waals surface area contributed by atoms with Crippen LogP contribution in [0.15, 0.2) is 9.90 Å². The third-order valence-corrected chi connectivity index (χ3v) is 3.22. The minimum atomic E-state index is -0.523. The summed E-state index contributed by atoms with van der Waals surface area (Å²) in [5, 5.41) is 9.53. The Morgan fingerprint density at radius 2 is 2.19 bits per heavy atom. The smallest absolute Gasteiger partial charge is 0.279 e. The van der Waals surface area contributed by atoms with Crippen molar-refractivity contribution in [2.24, 2.45) is 5.73 Å². The third kappa shape index (κ3) is 1.83. The Labute approximate surface area is 97.0 Å². The van der Waals surface area contributed by atoms with Crippen LogP contribution in [-0.4, -0.2) is 19.7 Å².